The van der Waals surface area contributed by atoms with Gasteiger partial charge in [0.2, 0.25) is 0 Å². The molecular formula is C14H15NO3. The zero-order valence-electron chi connectivity index (χ0n) is 10.00. The molecule has 4 N–H and O–H groups in total. The number of rotatable bonds is 1. The van der Waals surface area contributed by atoms with Crippen molar-refractivity contribution >= 4 is 11.7 Å². The van der Waals surface area contributed by atoms with Crippen molar-refractivity contribution in [2.24, 2.45) is 0 Å². The molecule has 0 heterocycles. The zero-order chi connectivity index (χ0) is 13.5. The van der Waals surface area contributed by atoms with E-state index in [0.717, 1.165) is 0 Å². The molecule has 0 aliphatic carbocycles. The van der Waals surface area contributed by atoms with Crippen LogP contribution in [0.4, 0.5) is 5.69 Å². The van der Waals surface area contributed by atoms with Crippen molar-refractivity contribution < 1.29 is 15.0 Å². The van der Waals surface area contributed by atoms with Crippen LogP contribution in [0, 0.1) is 6.92 Å². The molecule has 18 heavy (non-hydrogen) atoms. The fourth-order valence-electron chi connectivity index (χ4n) is 1.24. The van der Waals surface area contributed by atoms with Gasteiger partial charge in [-0.05, 0) is 31.2 Å². The second-order valence-electron chi connectivity index (χ2n) is 3.73. The molecule has 0 radical (unpaired) electrons. The van der Waals surface area contributed by atoms with Crippen LogP contribution < -0.4 is 5.73 Å². The minimum absolute atomic E-state index is 0.155. The van der Waals surface area contributed by atoms with Crippen LogP contribution in [0.25, 0.3) is 0 Å². The summed E-state index contributed by atoms with van der Waals surface area (Å²) in [4.78, 5) is 10.3. The first-order chi connectivity index (χ1) is 8.50. The van der Waals surface area contributed by atoms with E-state index in [2.05, 4.69) is 0 Å². The molecule has 4 heteroatoms. The van der Waals surface area contributed by atoms with Crippen molar-refractivity contribution in [2.45, 2.75) is 6.92 Å². The number of aromatic carboxylic acids is 1. The lowest BCUT2D eigenvalue weighted by atomic mass is 10.2. The normalized spacial score (nSPS) is 9.17. The van der Waals surface area contributed by atoms with E-state index in [1.807, 2.05) is 19.1 Å². The molecule has 0 unspecified atom stereocenters. The molecule has 0 fully saturated rings. The van der Waals surface area contributed by atoms with Crippen molar-refractivity contribution in [1.82, 2.24) is 0 Å². The highest BCUT2D eigenvalue weighted by atomic mass is 16.4. The van der Waals surface area contributed by atoms with Gasteiger partial charge in [0.25, 0.3) is 0 Å². The Morgan fingerprint density at radius 1 is 1.06 bits per heavy atom. The Balaban J connectivity index is 0.000000184. The number of phenolic OH excluding ortho intramolecular Hbond substituents is 1. The highest BCUT2D eigenvalue weighted by molar-refractivity contribution is 5.93. The Morgan fingerprint density at radius 3 is 2.00 bits per heavy atom. The first-order valence-electron chi connectivity index (χ1n) is 5.34. The van der Waals surface area contributed by atoms with Gasteiger partial charge in [0.15, 0.2) is 0 Å². The van der Waals surface area contributed by atoms with Crippen molar-refractivity contribution in [3.8, 4) is 5.75 Å². The molecule has 0 aliphatic rings. The number of nitrogens with two attached hydrogens (primary N) is 1. The summed E-state index contributed by atoms with van der Waals surface area (Å²) in [7, 11) is 0. The Morgan fingerprint density at radius 2 is 1.61 bits per heavy atom. The number of carbonyl (C=O) groups is 1. The predicted molar refractivity (Wildman–Crippen MR) is 70.7 cm³/mol. The molecule has 2 rings (SSSR count). The summed E-state index contributed by atoms with van der Waals surface area (Å²) in [5.41, 5.74) is 6.97. The van der Waals surface area contributed by atoms with Crippen LogP contribution in [0.15, 0.2) is 48.5 Å². The monoisotopic (exact) mass is 245 g/mol. The Bertz CT molecular complexity index is 500. The maximum Gasteiger partial charge on any atom is 0.337 e. The smallest absolute Gasteiger partial charge is 0.337 e. The maximum absolute atomic E-state index is 10.3. The lowest BCUT2D eigenvalue weighted by Crippen LogP contribution is -2.00. The number of anilines is 1. The molecule has 0 aromatic heterocycles. The van der Waals surface area contributed by atoms with Gasteiger partial charge in [-0.3, -0.25) is 0 Å². The Kier molecular flexibility index (Phi) is 4.75. The minimum atomic E-state index is -0.988. The van der Waals surface area contributed by atoms with E-state index < -0.39 is 5.97 Å². The van der Waals surface area contributed by atoms with Gasteiger partial charge < -0.3 is 15.9 Å². The molecule has 0 saturated heterocycles. The molecule has 2 aromatic rings. The lowest BCUT2D eigenvalue weighted by Gasteiger charge is -1.96. The number of aryl methyl sites for hydroxylation is 1. The second-order valence-corrected chi connectivity index (χ2v) is 3.73. The van der Waals surface area contributed by atoms with E-state index in [4.69, 9.17) is 15.9 Å². The SMILES string of the molecule is Cc1ccc(O)cc1.Nc1ccccc1C(=O)O. The van der Waals surface area contributed by atoms with Crippen LogP contribution in [0.1, 0.15) is 15.9 Å². The van der Waals surface area contributed by atoms with Gasteiger partial charge >= 0.3 is 5.97 Å². The second kappa shape index (κ2) is 6.30. The fourth-order valence-corrected chi connectivity index (χ4v) is 1.24. The molecule has 0 atom stereocenters. The van der Waals surface area contributed by atoms with Crippen LogP contribution in [0.3, 0.4) is 0 Å². The van der Waals surface area contributed by atoms with E-state index in [9.17, 15) is 4.79 Å². The van der Waals surface area contributed by atoms with Crippen molar-refractivity contribution in [1.29, 1.82) is 0 Å². The maximum atomic E-state index is 10.3. The van der Waals surface area contributed by atoms with Crippen molar-refractivity contribution in [3.63, 3.8) is 0 Å². The summed E-state index contributed by atoms with van der Waals surface area (Å²) >= 11 is 0. The van der Waals surface area contributed by atoms with Gasteiger partial charge in [0.05, 0.1) is 5.56 Å². The number of nitrogen functional groups attached to an aromatic ring is 1. The van der Waals surface area contributed by atoms with Gasteiger partial charge in [-0.25, -0.2) is 4.79 Å². The topological polar surface area (TPSA) is 83.5 Å². The van der Waals surface area contributed by atoms with Crippen LogP contribution >= 0.6 is 0 Å². The van der Waals surface area contributed by atoms with Crippen LogP contribution in [-0.4, -0.2) is 16.2 Å². The quantitative estimate of drug-likeness (QED) is 0.674. The minimum Gasteiger partial charge on any atom is -0.508 e. The number of phenols is 1. The third kappa shape index (κ3) is 4.17. The van der Waals surface area contributed by atoms with E-state index >= 15 is 0 Å². The average Bonchev–Trinajstić information content (AvgIpc) is 2.34. The van der Waals surface area contributed by atoms with Gasteiger partial charge in [-0.2, -0.15) is 0 Å². The van der Waals surface area contributed by atoms with Gasteiger partial charge in [-0.15, -0.1) is 0 Å². The summed E-state index contributed by atoms with van der Waals surface area (Å²) in [5, 5.41) is 17.2. The molecule has 0 aliphatic heterocycles. The van der Waals surface area contributed by atoms with E-state index in [1.165, 1.54) is 11.6 Å². The van der Waals surface area contributed by atoms with Gasteiger partial charge in [-0.1, -0.05) is 29.8 Å². The number of aromatic hydroxyl groups is 1. The highest BCUT2D eigenvalue weighted by Crippen LogP contribution is 2.09. The largest absolute Gasteiger partial charge is 0.508 e. The van der Waals surface area contributed by atoms with E-state index in [-0.39, 0.29) is 5.56 Å². The number of hydrogen-bond acceptors (Lipinski definition) is 3. The van der Waals surface area contributed by atoms with Crippen LogP contribution in [0.5, 0.6) is 5.75 Å². The standard InChI is InChI=1S/C7H7NO2.C7H8O/c8-6-4-2-1-3-5(6)7(9)10;1-6-2-4-7(8)5-3-6/h1-4H,8H2,(H,9,10);2-5,8H,1H3. The first-order valence-corrected chi connectivity index (χ1v) is 5.34. The summed E-state index contributed by atoms with van der Waals surface area (Å²) in [6.07, 6.45) is 0. The average molecular weight is 245 g/mol. The van der Waals surface area contributed by atoms with Crippen molar-refractivity contribution in [3.05, 3.63) is 59.7 Å². The molecule has 4 nitrogen and oxygen atoms in total. The molecule has 0 bridgehead atoms. The van der Waals surface area contributed by atoms with Gasteiger partial charge in [0.1, 0.15) is 5.75 Å². The summed E-state index contributed by atoms with van der Waals surface area (Å²) < 4.78 is 0. The van der Waals surface area contributed by atoms with Crippen LogP contribution in [0.2, 0.25) is 0 Å². The van der Waals surface area contributed by atoms with E-state index in [0.29, 0.717) is 11.4 Å². The molecule has 0 amide bonds. The Hall–Kier alpha value is -2.49. The molecule has 2 aromatic carbocycles. The molecule has 94 valence electrons. The highest BCUT2D eigenvalue weighted by Gasteiger charge is 2.03. The molecular weight excluding hydrogens is 230 g/mol. The number of carboxylic acids is 1. The van der Waals surface area contributed by atoms with Crippen molar-refractivity contribution in [2.75, 3.05) is 5.73 Å². The summed E-state index contributed by atoms with van der Waals surface area (Å²) in [6, 6.07) is 13.5. The number of para-hydroxylation sites is 1. The molecule has 0 saturated carbocycles. The fraction of sp³-hybridized carbons (Fsp3) is 0.0714. The Labute approximate surface area is 105 Å². The van der Waals surface area contributed by atoms with E-state index in [1.54, 1.807) is 30.3 Å². The summed E-state index contributed by atoms with van der Waals surface area (Å²) in [5.74, 6) is -0.659. The number of benzene rings is 2. The molecule has 0 spiro atoms. The predicted octanol–water partition coefficient (Wildman–Crippen LogP) is 2.67. The first kappa shape index (κ1) is 13.6. The number of hydrogen-bond donors (Lipinski definition) is 3. The third-order valence-electron chi connectivity index (χ3n) is 2.23. The number of carboxylic acid groups (broad SMARTS) is 1. The summed E-state index contributed by atoms with van der Waals surface area (Å²) in [6.45, 7) is 1.99. The lowest BCUT2D eigenvalue weighted by molar-refractivity contribution is 0.0698. The van der Waals surface area contributed by atoms with Gasteiger partial charge in [0, 0.05) is 5.69 Å². The zero-order valence-corrected chi connectivity index (χ0v) is 10.00. The third-order valence-corrected chi connectivity index (χ3v) is 2.23. The van der Waals surface area contributed by atoms with Crippen LogP contribution in [-0.2, 0) is 0 Å².